The average Bonchev–Trinajstić information content (AvgIpc) is 2.85. The summed E-state index contributed by atoms with van der Waals surface area (Å²) in [6.07, 6.45) is 4.99. The highest BCUT2D eigenvalue weighted by molar-refractivity contribution is 4.95. The van der Waals surface area contributed by atoms with Crippen LogP contribution < -0.4 is 0 Å². The van der Waals surface area contributed by atoms with Crippen LogP contribution >= 0.6 is 0 Å². The number of hydrogen-bond acceptors (Lipinski definition) is 4. The van der Waals surface area contributed by atoms with Crippen molar-refractivity contribution in [2.45, 2.75) is 63.4 Å². The predicted molar refractivity (Wildman–Crippen MR) is 54.4 cm³/mol. The van der Waals surface area contributed by atoms with Crippen LogP contribution in [-0.2, 0) is 14.4 Å². The molecule has 2 fully saturated rings. The molecule has 0 amide bonds. The second-order valence-corrected chi connectivity index (χ2v) is 5.08. The Kier molecular flexibility index (Phi) is 3.03. The molecule has 4 heteroatoms. The Bertz CT molecular complexity index is 221. The summed E-state index contributed by atoms with van der Waals surface area (Å²) in [7, 11) is 0. The fourth-order valence-corrected chi connectivity index (χ4v) is 2.15. The molecule has 1 unspecified atom stereocenters. The van der Waals surface area contributed by atoms with E-state index in [0.717, 1.165) is 25.7 Å². The Hall–Kier alpha value is -0.160. The molecule has 1 heterocycles. The van der Waals surface area contributed by atoms with E-state index in [1.54, 1.807) is 0 Å². The van der Waals surface area contributed by atoms with Crippen molar-refractivity contribution in [1.82, 2.24) is 0 Å². The number of epoxide rings is 1. The van der Waals surface area contributed by atoms with E-state index in [2.05, 4.69) is 4.89 Å². The molecule has 1 saturated carbocycles. The van der Waals surface area contributed by atoms with Crippen molar-refractivity contribution in [3.63, 3.8) is 0 Å². The second kappa shape index (κ2) is 4.01. The lowest BCUT2D eigenvalue weighted by Gasteiger charge is -2.33. The van der Waals surface area contributed by atoms with Gasteiger partial charge in [-0.15, -0.1) is 0 Å². The maximum absolute atomic E-state index is 8.94. The van der Waals surface area contributed by atoms with Crippen LogP contribution in [0.2, 0.25) is 0 Å². The molecule has 1 saturated heterocycles. The predicted octanol–water partition coefficient (Wildman–Crippen LogP) is 2.33. The summed E-state index contributed by atoms with van der Waals surface area (Å²) in [5, 5.41) is 8.94. The van der Waals surface area contributed by atoms with Gasteiger partial charge >= 0.3 is 0 Å². The largest absolute Gasteiger partial charge is 0.364 e. The van der Waals surface area contributed by atoms with E-state index in [4.69, 9.17) is 14.7 Å². The zero-order chi connectivity index (χ0) is 10.9. The van der Waals surface area contributed by atoms with Gasteiger partial charge in [0.05, 0.1) is 12.2 Å². The first-order valence-electron chi connectivity index (χ1n) is 5.72. The highest BCUT2D eigenvalue weighted by atomic mass is 17.1. The third-order valence-corrected chi connectivity index (χ3v) is 3.44. The molecule has 0 radical (unpaired) electrons. The van der Waals surface area contributed by atoms with Gasteiger partial charge in [-0.25, -0.2) is 10.1 Å². The van der Waals surface area contributed by atoms with E-state index in [9.17, 15) is 0 Å². The van der Waals surface area contributed by atoms with Crippen LogP contribution in [0.25, 0.3) is 0 Å². The molecule has 1 aliphatic heterocycles. The van der Waals surface area contributed by atoms with Crippen LogP contribution in [0.1, 0.15) is 46.0 Å². The summed E-state index contributed by atoms with van der Waals surface area (Å²) in [5.41, 5.74) is -0.0642. The summed E-state index contributed by atoms with van der Waals surface area (Å²) >= 11 is 0. The third kappa shape index (κ3) is 2.50. The van der Waals surface area contributed by atoms with Crippen LogP contribution in [-0.4, -0.2) is 29.4 Å². The first-order valence-corrected chi connectivity index (χ1v) is 5.72. The van der Waals surface area contributed by atoms with Gasteiger partial charge in [-0.05, 0) is 26.7 Å². The van der Waals surface area contributed by atoms with E-state index >= 15 is 0 Å². The average molecular weight is 216 g/mol. The maximum atomic E-state index is 8.94. The van der Waals surface area contributed by atoms with Crippen LogP contribution in [0.4, 0.5) is 0 Å². The highest BCUT2D eigenvalue weighted by Gasteiger charge is 2.49. The van der Waals surface area contributed by atoms with Gasteiger partial charge in [-0.2, -0.15) is 0 Å². The molecule has 1 aliphatic carbocycles. The van der Waals surface area contributed by atoms with Crippen LogP contribution in [0, 0.1) is 0 Å². The Morgan fingerprint density at radius 3 is 2.33 bits per heavy atom. The van der Waals surface area contributed by atoms with Crippen molar-refractivity contribution < 1.29 is 19.6 Å². The van der Waals surface area contributed by atoms with E-state index in [1.165, 1.54) is 6.42 Å². The Morgan fingerprint density at radius 1 is 1.27 bits per heavy atom. The molecular formula is C11H20O4. The summed E-state index contributed by atoms with van der Waals surface area (Å²) < 4.78 is 11.1. The molecule has 0 spiro atoms. The minimum atomic E-state index is -0.764. The number of ether oxygens (including phenoxy) is 2. The minimum absolute atomic E-state index is 0.0642. The van der Waals surface area contributed by atoms with E-state index in [0.29, 0.717) is 6.61 Å². The lowest BCUT2D eigenvalue weighted by Crippen LogP contribution is -2.38. The molecule has 2 aliphatic rings. The number of hydrogen-bond donors (Lipinski definition) is 1. The van der Waals surface area contributed by atoms with Crippen molar-refractivity contribution in [1.29, 1.82) is 0 Å². The second-order valence-electron chi connectivity index (χ2n) is 5.08. The lowest BCUT2D eigenvalue weighted by molar-refractivity contribution is -0.412. The molecule has 0 aromatic carbocycles. The zero-order valence-electron chi connectivity index (χ0n) is 9.49. The SMILES string of the molecule is CC1(C)OC1COC1(OO)CCCCC1. The van der Waals surface area contributed by atoms with Crippen molar-refractivity contribution in [3.05, 3.63) is 0 Å². The number of rotatable bonds is 4. The molecule has 0 aromatic heterocycles. The van der Waals surface area contributed by atoms with Gasteiger partial charge in [-0.3, -0.25) is 0 Å². The van der Waals surface area contributed by atoms with Crippen LogP contribution in [0.5, 0.6) is 0 Å². The molecule has 0 aromatic rings. The van der Waals surface area contributed by atoms with Gasteiger partial charge in [0, 0.05) is 12.8 Å². The smallest absolute Gasteiger partial charge is 0.201 e. The van der Waals surface area contributed by atoms with Gasteiger partial charge in [0.15, 0.2) is 0 Å². The van der Waals surface area contributed by atoms with Crippen LogP contribution in [0.3, 0.4) is 0 Å². The van der Waals surface area contributed by atoms with E-state index in [1.807, 2.05) is 13.8 Å². The fraction of sp³-hybridized carbons (Fsp3) is 1.00. The summed E-state index contributed by atoms with van der Waals surface area (Å²) in [6, 6.07) is 0. The maximum Gasteiger partial charge on any atom is 0.201 e. The van der Waals surface area contributed by atoms with Gasteiger partial charge < -0.3 is 9.47 Å². The first-order chi connectivity index (χ1) is 7.08. The molecule has 2 rings (SSSR count). The first kappa shape index (κ1) is 11.3. The Balaban J connectivity index is 1.80. The van der Waals surface area contributed by atoms with Gasteiger partial charge in [0.1, 0.15) is 6.10 Å². The summed E-state index contributed by atoms with van der Waals surface area (Å²) in [5.74, 6) is -0.764. The van der Waals surface area contributed by atoms with E-state index in [-0.39, 0.29) is 11.7 Å². The zero-order valence-corrected chi connectivity index (χ0v) is 9.49. The fourth-order valence-electron chi connectivity index (χ4n) is 2.15. The molecular weight excluding hydrogens is 196 g/mol. The van der Waals surface area contributed by atoms with Gasteiger partial charge in [0.25, 0.3) is 0 Å². The molecule has 1 N–H and O–H groups in total. The standard InChI is InChI=1S/C11H20O4/c1-10(2)9(14-10)8-13-11(15-12)6-4-3-5-7-11/h9,12H,3-8H2,1-2H3. The van der Waals surface area contributed by atoms with Crippen molar-refractivity contribution in [2.24, 2.45) is 0 Å². The van der Waals surface area contributed by atoms with Crippen LogP contribution in [0.15, 0.2) is 0 Å². The topological polar surface area (TPSA) is 51.2 Å². The Labute approximate surface area is 90.4 Å². The van der Waals surface area contributed by atoms with Gasteiger partial charge in [0.2, 0.25) is 5.79 Å². The minimum Gasteiger partial charge on any atom is -0.364 e. The van der Waals surface area contributed by atoms with Gasteiger partial charge in [-0.1, -0.05) is 6.42 Å². The normalized spacial score (nSPS) is 32.6. The summed E-state index contributed by atoms with van der Waals surface area (Å²) in [4.78, 5) is 4.55. The monoisotopic (exact) mass is 216 g/mol. The molecule has 88 valence electrons. The summed E-state index contributed by atoms with van der Waals surface area (Å²) in [6.45, 7) is 4.58. The van der Waals surface area contributed by atoms with E-state index < -0.39 is 5.79 Å². The third-order valence-electron chi connectivity index (χ3n) is 3.44. The lowest BCUT2D eigenvalue weighted by atomic mass is 9.94. The highest BCUT2D eigenvalue weighted by Crippen LogP contribution is 2.38. The van der Waals surface area contributed by atoms with Crippen molar-refractivity contribution in [2.75, 3.05) is 6.61 Å². The molecule has 0 bridgehead atoms. The molecule has 15 heavy (non-hydrogen) atoms. The molecule has 4 nitrogen and oxygen atoms in total. The Morgan fingerprint density at radius 2 is 1.87 bits per heavy atom. The quantitative estimate of drug-likeness (QED) is 0.339. The van der Waals surface area contributed by atoms with Crippen molar-refractivity contribution in [3.8, 4) is 0 Å². The molecule has 1 atom stereocenters. The van der Waals surface area contributed by atoms with Crippen molar-refractivity contribution >= 4 is 0 Å².